The van der Waals surface area contributed by atoms with E-state index >= 15 is 0 Å². The average molecular weight is 285 g/mol. The Morgan fingerprint density at radius 2 is 1.81 bits per heavy atom. The molecule has 3 rings (SSSR count). The van der Waals surface area contributed by atoms with Crippen LogP contribution in [0.15, 0.2) is 48.5 Å². The van der Waals surface area contributed by atoms with Gasteiger partial charge in [0.25, 0.3) is 0 Å². The molecule has 1 unspecified atom stereocenters. The molecule has 2 heterocycles. The van der Waals surface area contributed by atoms with Crippen molar-refractivity contribution in [3.63, 3.8) is 0 Å². The van der Waals surface area contributed by atoms with Gasteiger partial charge >= 0.3 is 0 Å². The van der Waals surface area contributed by atoms with Crippen LogP contribution in [-0.2, 0) is 0 Å². The van der Waals surface area contributed by atoms with Crippen LogP contribution < -0.4 is 5.32 Å². The minimum Gasteiger partial charge on any atom is -0.362 e. The van der Waals surface area contributed by atoms with E-state index in [1.54, 1.807) is 6.07 Å². The predicted octanol–water partition coefficient (Wildman–Crippen LogP) is 3.47. The molecule has 1 fully saturated rings. The van der Waals surface area contributed by atoms with Crippen LogP contribution in [0.4, 0.5) is 10.2 Å². The standard InChI is InChI=1S/C17H20FN3/c18-16-9-6-10-17(20-16)19-15(13-21-11-4-5-12-21)14-7-2-1-3-8-14/h1-3,6-10,15H,4-5,11-13H2,(H,19,20). The molecular formula is C17H20FN3. The first-order chi connectivity index (χ1) is 10.3. The fourth-order valence-electron chi connectivity index (χ4n) is 2.81. The molecule has 0 spiro atoms. The van der Waals surface area contributed by atoms with Crippen LogP contribution in [-0.4, -0.2) is 29.5 Å². The summed E-state index contributed by atoms with van der Waals surface area (Å²) in [6, 6.07) is 15.3. The summed E-state index contributed by atoms with van der Waals surface area (Å²) in [5.74, 6) is 0.135. The number of pyridine rings is 1. The molecule has 1 aromatic heterocycles. The number of nitrogens with zero attached hydrogens (tertiary/aromatic N) is 2. The van der Waals surface area contributed by atoms with Gasteiger partial charge in [0.2, 0.25) is 5.95 Å². The molecule has 2 aromatic rings. The molecule has 0 amide bonds. The van der Waals surface area contributed by atoms with Crippen molar-refractivity contribution in [2.75, 3.05) is 25.0 Å². The molecular weight excluding hydrogens is 265 g/mol. The van der Waals surface area contributed by atoms with Gasteiger partial charge in [-0.3, -0.25) is 0 Å². The summed E-state index contributed by atoms with van der Waals surface area (Å²) in [7, 11) is 0. The summed E-state index contributed by atoms with van der Waals surface area (Å²) >= 11 is 0. The predicted molar refractivity (Wildman–Crippen MR) is 82.7 cm³/mol. The fraction of sp³-hybridized carbons (Fsp3) is 0.353. The van der Waals surface area contributed by atoms with Gasteiger partial charge < -0.3 is 10.2 Å². The second-order valence-corrected chi connectivity index (χ2v) is 5.46. The monoisotopic (exact) mass is 285 g/mol. The third-order valence-electron chi connectivity index (χ3n) is 3.88. The summed E-state index contributed by atoms with van der Waals surface area (Å²) < 4.78 is 13.3. The van der Waals surface area contributed by atoms with Crippen LogP contribution in [0.25, 0.3) is 0 Å². The Morgan fingerprint density at radius 1 is 1.05 bits per heavy atom. The average Bonchev–Trinajstić information content (AvgIpc) is 3.01. The maximum atomic E-state index is 13.3. The van der Waals surface area contributed by atoms with Gasteiger partial charge in [0.1, 0.15) is 5.82 Å². The van der Waals surface area contributed by atoms with E-state index in [1.165, 1.54) is 24.5 Å². The summed E-state index contributed by atoms with van der Waals surface area (Å²) in [4.78, 5) is 6.37. The van der Waals surface area contributed by atoms with E-state index in [-0.39, 0.29) is 6.04 Å². The summed E-state index contributed by atoms with van der Waals surface area (Å²) in [6.45, 7) is 3.20. The molecule has 0 aliphatic carbocycles. The molecule has 1 aromatic carbocycles. The Morgan fingerprint density at radius 3 is 2.52 bits per heavy atom. The van der Waals surface area contributed by atoms with Gasteiger partial charge in [-0.25, -0.2) is 4.98 Å². The van der Waals surface area contributed by atoms with Crippen LogP contribution in [0.3, 0.4) is 0 Å². The zero-order chi connectivity index (χ0) is 14.5. The highest BCUT2D eigenvalue weighted by molar-refractivity contribution is 5.38. The molecule has 4 heteroatoms. The first-order valence-corrected chi connectivity index (χ1v) is 7.48. The van der Waals surface area contributed by atoms with Crippen LogP contribution in [0.2, 0.25) is 0 Å². The molecule has 1 aliphatic heterocycles. The third-order valence-corrected chi connectivity index (χ3v) is 3.88. The third kappa shape index (κ3) is 3.79. The molecule has 3 nitrogen and oxygen atoms in total. The zero-order valence-electron chi connectivity index (χ0n) is 12.0. The fourth-order valence-corrected chi connectivity index (χ4v) is 2.81. The zero-order valence-corrected chi connectivity index (χ0v) is 12.0. The van der Waals surface area contributed by atoms with Crippen molar-refractivity contribution in [2.24, 2.45) is 0 Å². The number of hydrogen-bond donors (Lipinski definition) is 1. The van der Waals surface area contributed by atoms with E-state index in [9.17, 15) is 4.39 Å². The maximum Gasteiger partial charge on any atom is 0.214 e. The molecule has 1 N–H and O–H groups in total. The number of anilines is 1. The van der Waals surface area contributed by atoms with Gasteiger partial charge in [0.15, 0.2) is 0 Å². The minimum absolute atomic E-state index is 0.124. The quantitative estimate of drug-likeness (QED) is 0.853. The van der Waals surface area contributed by atoms with Gasteiger partial charge in [-0.2, -0.15) is 4.39 Å². The number of likely N-dealkylation sites (tertiary alicyclic amines) is 1. The Bertz CT molecular complexity index is 567. The van der Waals surface area contributed by atoms with E-state index in [1.807, 2.05) is 24.3 Å². The van der Waals surface area contributed by atoms with E-state index in [0.717, 1.165) is 19.6 Å². The van der Waals surface area contributed by atoms with Gasteiger partial charge in [-0.1, -0.05) is 36.4 Å². The van der Waals surface area contributed by atoms with E-state index < -0.39 is 5.95 Å². The van der Waals surface area contributed by atoms with Crippen LogP contribution in [0.1, 0.15) is 24.4 Å². The van der Waals surface area contributed by atoms with Gasteiger partial charge in [-0.05, 0) is 43.6 Å². The molecule has 21 heavy (non-hydrogen) atoms. The van der Waals surface area contributed by atoms with Crippen molar-refractivity contribution in [2.45, 2.75) is 18.9 Å². The van der Waals surface area contributed by atoms with Gasteiger partial charge in [-0.15, -0.1) is 0 Å². The number of hydrogen-bond acceptors (Lipinski definition) is 3. The molecule has 0 radical (unpaired) electrons. The van der Waals surface area contributed by atoms with Crippen LogP contribution in [0, 0.1) is 5.95 Å². The molecule has 0 bridgehead atoms. The lowest BCUT2D eigenvalue weighted by Crippen LogP contribution is -2.29. The molecule has 1 atom stereocenters. The molecule has 110 valence electrons. The summed E-state index contributed by atoms with van der Waals surface area (Å²) in [6.07, 6.45) is 2.53. The number of rotatable bonds is 5. The highest BCUT2D eigenvalue weighted by Crippen LogP contribution is 2.21. The smallest absolute Gasteiger partial charge is 0.214 e. The number of aromatic nitrogens is 1. The number of benzene rings is 1. The minimum atomic E-state index is -0.451. The van der Waals surface area contributed by atoms with Gasteiger partial charge in [0, 0.05) is 6.54 Å². The van der Waals surface area contributed by atoms with Crippen molar-refractivity contribution in [3.8, 4) is 0 Å². The van der Waals surface area contributed by atoms with Crippen molar-refractivity contribution < 1.29 is 4.39 Å². The van der Waals surface area contributed by atoms with Crippen molar-refractivity contribution in [1.29, 1.82) is 0 Å². The maximum absolute atomic E-state index is 13.3. The molecule has 0 saturated carbocycles. The topological polar surface area (TPSA) is 28.2 Å². The summed E-state index contributed by atoms with van der Waals surface area (Å²) in [5.41, 5.74) is 1.20. The van der Waals surface area contributed by atoms with E-state index in [0.29, 0.717) is 5.82 Å². The Kier molecular flexibility index (Phi) is 4.46. The largest absolute Gasteiger partial charge is 0.362 e. The first kappa shape index (κ1) is 14.0. The van der Waals surface area contributed by atoms with E-state index in [2.05, 4.69) is 27.3 Å². The lowest BCUT2D eigenvalue weighted by Gasteiger charge is -2.25. The van der Waals surface area contributed by atoms with Crippen molar-refractivity contribution in [1.82, 2.24) is 9.88 Å². The van der Waals surface area contributed by atoms with Crippen LogP contribution >= 0.6 is 0 Å². The first-order valence-electron chi connectivity index (χ1n) is 7.48. The number of nitrogens with one attached hydrogen (secondary N) is 1. The number of halogens is 1. The second kappa shape index (κ2) is 6.68. The van der Waals surface area contributed by atoms with Crippen molar-refractivity contribution >= 4 is 5.82 Å². The highest BCUT2D eigenvalue weighted by atomic mass is 19.1. The highest BCUT2D eigenvalue weighted by Gasteiger charge is 2.19. The SMILES string of the molecule is Fc1cccc(NC(CN2CCCC2)c2ccccc2)n1. The van der Waals surface area contributed by atoms with Crippen molar-refractivity contribution in [3.05, 3.63) is 60.0 Å². The Labute approximate surface area is 124 Å². The summed E-state index contributed by atoms with van der Waals surface area (Å²) in [5, 5.41) is 3.37. The van der Waals surface area contributed by atoms with E-state index in [4.69, 9.17) is 0 Å². The Hall–Kier alpha value is -1.94. The van der Waals surface area contributed by atoms with Gasteiger partial charge in [0.05, 0.1) is 6.04 Å². The molecule has 1 aliphatic rings. The lowest BCUT2D eigenvalue weighted by molar-refractivity contribution is 0.323. The molecule has 1 saturated heterocycles. The lowest BCUT2D eigenvalue weighted by atomic mass is 10.1. The van der Waals surface area contributed by atoms with Crippen LogP contribution in [0.5, 0.6) is 0 Å². The Balaban J connectivity index is 1.78. The normalized spacial score (nSPS) is 16.8. The second-order valence-electron chi connectivity index (χ2n) is 5.46.